The molecule has 1 fully saturated rings. The summed E-state index contributed by atoms with van der Waals surface area (Å²) in [5.74, 6) is -0.378. The molecule has 1 aliphatic heterocycles. The molecule has 0 radical (unpaired) electrons. The number of benzene rings is 1. The van der Waals surface area contributed by atoms with Gasteiger partial charge in [0.25, 0.3) is 0 Å². The van der Waals surface area contributed by atoms with Gasteiger partial charge in [-0.25, -0.2) is 0 Å². The van der Waals surface area contributed by atoms with Gasteiger partial charge in [-0.1, -0.05) is 0 Å². The van der Waals surface area contributed by atoms with Crippen molar-refractivity contribution in [3.05, 3.63) is 54.4 Å². The number of rotatable bonds is 4. The fourth-order valence-electron chi connectivity index (χ4n) is 2.98. The quantitative estimate of drug-likeness (QED) is 0.938. The van der Waals surface area contributed by atoms with Gasteiger partial charge < -0.3 is 15.2 Å². The molecule has 2 N–H and O–H groups in total. The Morgan fingerprint density at radius 3 is 2.18 bits per heavy atom. The van der Waals surface area contributed by atoms with Gasteiger partial charge in [-0.05, 0) is 43.3 Å². The van der Waals surface area contributed by atoms with Gasteiger partial charge in [-0.15, -0.1) is 0 Å². The predicted octanol–water partition coefficient (Wildman–Crippen LogP) is 1.93. The number of nitrogens with zero attached hydrogens (tertiary/aromatic N) is 3. The van der Waals surface area contributed by atoms with E-state index in [1.807, 2.05) is 12.1 Å². The summed E-state index contributed by atoms with van der Waals surface area (Å²) in [6.07, 6.45) is 4.61. The van der Waals surface area contributed by atoms with E-state index in [2.05, 4.69) is 45.8 Å². The highest BCUT2D eigenvalue weighted by Gasteiger charge is 2.21. The lowest BCUT2D eigenvalue weighted by Crippen LogP contribution is -2.48. The predicted molar refractivity (Wildman–Crippen MR) is 87.9 cm³/mol. The molecule has 1 aliphatic rings. The van der Waals surface area contributed by atoms with E-state index in [-0.39, 0.29) is 5.91 Å². The Morgan fingerprint density at radius 1 is 1.05 bits per heavy atom. The van der Waals surface area contributed by atoms with Gasteiger partial charge >= 0.3 is 0 Å². The van der Waals surface area contributed by atoms with Crippen molar-refractivity contribution in [1.82, 2.24) is 9.47 Å². The van der Waals surface area contributed by atoms with Gasteiger partial charge in [0.1, 0.15) is 0 Å². The van der Waals surface area contributed by atoms with Crippen molar-refractivity contribution >= 4 is 11.6 Å². The first kappa shape index (κ1) is 14.7. The van der Waals surface area contributed by atoms with Crippen molar-refractivity contribution in [2.45, 2.75) is 13.1 Å². The Kier molecular flexibility index (Phi) is 4.15. The zero-order valence-electron chi connectivity index (χ0n) is 12.9. The number of nitrogens with two attached hydrogens (primary N) is 1. The van der Waals surface area contributed by atoms with Gasteiger partial charge in [0.15, 0.2) is 0 Å². The van der Waals surface area contributed by atoms with E-state index in [0.717, 1.165) is 31.9 Å². The van der Waals surface area contributed by atoms with Crippen molar-refractivity contribution in [3.8, 4) is 0 Å². The van der Waals surface area contributed by atoms with Crippen LogP contribution in [0.4, 0.5) is 5.69 Å². The molecule has 2 heterocycles. The zero-order valence-corrected chi connectivity index (χ0v) is 12.9. The van der Waals surface area contributed by atoms with E-state index in [1.54, 1.807) is 12.1 Å². The summed E-state index contributed by atoms with van der Waals surface area (Å²) >= 11 is 0. The third-order valence-electron chi connectivity index (χ3n) is 4.42. The molecule has 5 heteroatoms. The smallest absolute Gasteiger partial charge is 0.248 e. The van der Waals surface area contributed by atoms with Crippen LogP contribution in [0.1, 0.15) is 23.4 Å². The van der Waals surface area contributed by atoms with Gasteiger partial charge in [0.05, 0.1) is 6.17 Å². The fourth-order valence-corrected chi connectivity index (χ4v) is 2.98. The summed E-state index contributed by atoms with van der Waals surface area (Å²) in [5, 5.41) is 0. The largest absolute Gasteiger partial charge is 0.369 e. The minimum atomic E-state index is -0.378. The SMILES string of the molecule is CC(N1CCN(c2ccc(C(N)=O)cc2)CC1)n1cccc1. The number of hydrogen-bond donors (Lipinski definition) is 1. The first-order chi connectivity index (χ1) is 10.6. The van der Waals surface area contributed by atoms with Crippen LogP contribution in [0.5, 0.6) is 0 Å². The number of primary amides is 1. The summed E-state index contributed by atoms with van der Waals surface area (Å²) in [5.41, 5.74) is 6.99. The summed E-state index contributed by atoms with van der Waals surface area (Å²) in [6.45, 7) is 6.26. The molecule has 0 aliphatic carbocycles. The van der Waals surface area contributed by atoms with E-state index in [4.69, 9.17) is 5.73 Å². The number of carbonyl (C=O) groups excluding carboxylic acids is 1. The Labute approximate surface area is 130 Å². The van der Waals surface area contributed by atoms with Crippen molar-refractivity contribution < 1.29 is 4.79 Å². The van der Waals surface area contributed by atoms with Crippen LogP contribution < -0.4 is 10.6 Å². The molecular weight excluding hydrogens is 276 g/mol. The molecular formula is C17H22N4O. The molecule has 0 bridgehead atoms. The molecule has 1 amide bonds. The molecule has 22 heavy (non-hydrogen) atoms. The maximum absolute atomic E-state index is 11.1. The van der Waals surface area contributed by atoms with Crippen LogP contribution in [-0.4, -0.2) is 41.6 Å². The van der Waals surface area contributed by atoms with Gasteiger partial charge in [-0.3, -0.25) is 9.69 Å². The van der Waals surface area contributed by atoms with E-state index < -0.39 is 0 Å². The van der Waals surface area contributed by atoms with Crippen molar-refractivity contribution in [3.63, 3.8) is 0 Å². The van der Waals surface area contributed by atoms with Gasteiger partial charge in [-0.2, -0.15) is 0 Å². The Morgan fingerprint density at radius 2 is 1.64 bits per heavy atom. The van der Waals surface area contributed by atoms with Crippen LogP contribution in [-0.2, 0) is 0 Å². The first-order valence-electron chi connectivity index (χ1n) is 7.66. The fraction of sp³-hybridized carbons (Fsp3) is 0.353. The molecule has 1 aromatic carbocycles. The van der Waals surface area contributed by atoms with Gasteiger partial charge in [0.2, 0.25) is 5.91 Å². The highest BCUT2D eigenvalue weighted by Crippen LogP contribution is 2.20. The second-order valence-corrected chi connectivity index (χ2v) is 5.70. The van der Waals surface area contributed by atoms with Crippen molar-refractivity contribution in [2.24, 2.45) is 5.73 Å². The van der Waals surface area contributed by atoms with Crippen LogP contribution in [0.25, 0.3) is 0 Å². The van der Waals surface area contributed by atoms with Crippen LogP contribution in [0.2, 0.25) is 0 Å². The summed E-state index contributed by atoms with van der Waals surface area (Å²) < 4.78 is 2.23. The third-order valence-corrected chi connectivity index (χ3v) is 4.42. The number of anilines is 1. The van der Waals surface area contributed by atoms with E-state index in [0.29, 0.717) is 11.7 Å². The molecule has 2 aromatic rings. The molecule has 1 aromatic heterocycles. The number of piperazine rings is 1. The molecule has 116 valence electrons. The lowest BCUT2D eigenvalue weighted by molar-refractivity contribution is 0.100. The monoisotopic (exact) mass is 298 g/mol. The van der Waals surface area contributed by atoms with Crippen molar-refractivity contribution in [1.29, 1.82) is 0 Å². The topological polar surface area (TPSA) is 54.5 Å². The summed E-state index contributed by atoms with van der Waals surface area (Å²) in [7, 11) is 0. The second-order valence-electron chi connectivity index (χ2n) is 5.70. The molecule has 1 unspecified atom stereocenters. The van der Waals surface area contributed by atoms with E-state index in [1.165, 1.54) is 0 Å². The third kappa shape index (κ3) is 2.99. The number of amides is 1. The normalized spacial score (nSPS) is 17.4. The molecule has 1 saturated heterocycles. The van der Waals surface area contributed by atoms with E-state index >= 15 is 0 Å². The maximum Gasteiger partial charge on any atom is 0.248 e. The first-order valence-corrected chi connectivity index (χ1v) is 7.66. The van der Waals surface area contributed by atoms with Crippen molar-refractivity contribution in [2.75, 3.05) is 31.1 Å². The average Bonchev–Trinajstić information content (AvgIpc) is 3.09. The highest BCUT2D eigenvalue weighted by molar-refractivity contribution is 5.93. The standard InChI is InChI=1S/C17H22N4O/c1-14(19-8-2-3-9-19)20-10-12-21(13-11-20)16-6-4-15(5-7-16)17(18)22/h2-9,14H,10-13H2,1H3,(H2,18,22). The minimum Gasteiger partial charge on any atom is -0.369 e. The van der Waals surface area contributed by atoms with Crippen LogP contribution >= 0.6 is 0 Å². The molecule has 5 nitrogen and oxygen atoms in total. The number of hydrogen-bond acceptors (Lipinski definition) is 3. The number of aromatic nitrogens is 1. The Hall–Kier alpha value is -2.27. The van der Waals surface area contributed by atoms with Gasteiger partial charge in [0, 0.05) is 49.8 Å². The molecule has 0 spiro atoms. The number of carbonyl (C=O) groups is 1. The Bertz CT molecular complexity index is 613. The highest BCUT2D eigenvalue weighted by atomic mass is 16.1. The summed E-state index contributed by atoms with van der Waals surface area (Å²) in [6, 6.07) is 11.7. The molecule has 3 rings (SSSR count). The molecule has 1 atom stereocenters. The second kappa shape index (κ2) is 6.23. The van der Waals surface area contributed by atoms with Crippen LogP contribution in [0.15, 0.2) is 48.8 Å². The average molecular weight is 298 g/mol. The lowest BCUT2D eigenvalue weighted by Gasteiger charge is -2.39. The van der Waals surface area contributed by atoms with E-state index in [9.17, 15) is 4.79 Å². The Balaban J connectivity index is 1.60. The van der Waals surface area contributed by atoms with Crippen LogP contribution in [0.3, 0.4) is 0 Å². The minimum absolute atomic E-state index is 0.378. The van der Waals surface area contributed by atoms with Crippen LogP contribution in [0, 0.1) is 0 Å². The summed E-state index contributed by atoms with van der Waals surface area (Å²) in [4.78, 5) is 15.9. The molecule has 0 saturated carbocycles. The lowest BCUT2D eigenvalue weighted by atomic mass is 10.1. The maximum atomic E-state index is 11.1. The zero-order chi connectivity index (χ0) is 15.5.